The fraction of sp³-hybridized carbons (Fsp3) is 0.188. The van der Waals surface area contributed by atoms with Crippen LogP contribution in [-0.2, 0) is 6.61 Å². The number of phenolic OH excluding ortho intramolecular Hbond substituents is 1. The summed E-state index contributed by atoms with van der Waals surface area (Å²) in [5.41, 5.74) is 3.03. The van der Waals surface area contributed by atoms with Crippen molar-refractivity contribution in [3.8, 4) is 11.5 Å². The van der Waals surface area contributed by atoms with E-state index in [0.717, 1.165) is 16.7 Å². The van der Waals surface area contributed by atoms with Gasteiger partial charge in [-0.15, -0.1) is 0 Å². The van der Waals surface area contributed by atoms with Gasteiger partial charge in [0.15, 0.2) is 17.8 Å². The van der Waals surface area contributed by atoms with Gasteiger partial charge in [-0.1, -0.05) is 30.3 Å². The minimum Gasteiger partial charge on any atom is -0.504 e. The van der Waals surface area contributed by atoms with Gasteiger partial charge in [0.2, 0.25) is 0 Å². The number of benzene rings is 2. The number of ether oxygens (including phenoxy) is 1. The Morgan fingerprint density at radius 3 is 2.53 bits per heavy atom. The van der Waals surface area contributed by atoms with Gasteiger partial charge < -0.3 is 9.84 Å². The molecule has 0 saturated carbocycles. The van der Waals surface area contributed by atoms with Crippen LogP contribution in [0.25, 0.3) is 0 Å². The van der Waals surface area contributed by atoms with E-state index in [0.29, 0.717) is 18.6 Å². The fourth-order valence-corrected chi connectivity index (χ4v) is 1.89. The van der Waals surface area contributed by atoms with E-state index in [9.17, 15) is 9.90 Å². The Balaban J connectivity index is 2.29. The number of aromatic hydroxyl groups is 1. The monoisotopic (exact) mass is 256 g/mol. The predicted molar refractivity (Wildman–Crippen MR) is 73.7 cm³/mol. The minimum absolute atomic E-state index is 0.0889. The number of hydrogen-bond donors (Lipinski definition) is 1. The second kappa shape index (κ2) is 5.57. The molecule has 19 heavy (non-hydrogen) atoms. The largest absolute Gasteiger partial charge is 0.504 e. The van der Waals surface area contributed by atoms with Gasteiger partial charge in [0.05, 0.1) is 5.56 Å². The molecule has 0 bridgehead atoms. The van der Waals surface area contributed by atoms with E-state index in [1.165, 1.54) is 0 Å². The number of aryl methyl sites for hydroxylation is 1. The fourth-order valence-electron chi connectivity index (χ4n) is 1.89. The summed E-state index contributed by atoms with van der Waals surface area (Å²) >= 11 is 0. The Hall–Kier alpha value is -2.29. The highest BCUT2D eigenvalue weighted by molar-refractivity contribution is 5.82. The zero-order chi connectivity index (χ0) is 13.8. The molecular weight excluding hydrogens is 240 g/mol. The first kappa shape index (κ1) is 13.1. The number of rotatable bonds is 4. The van der Waals surface area contributed by atoms with Gasteiger partial charge in [-0.25, -0.2) is 0 Å². The Labute approximate surface area is 112 Å². The molecule has 0 aliphatic carbocycles. The Kier molecular flexibility index (Phi) is 3.85. The third-order valence-electron chi connectivity index (χ3n) is 3.15. The standard InChI is InChI=1S/C16H16O3/c1-11-8-14(9-17)15(18)16(12(11)2)19-10-13-6-4-3-5-7-13/h3-9,18H,10H2,1-2H3. The highest BCUT2D eigenvalue weighted by Crippen LogP contribution is 2.35. The summed E-state index contributed by atoms with van der Waals surface area (Å²) in [5, 5.41) is 10.0. The molecular formula is C16H16O3. The molecule has 3 heteroatoms. The average Bonchev–Trinajstić information content (AvgIpc) is 2.44. The van der Waals surface area contributed by atoms with Gasteiger partial charge >= 0.3 is 0 Å². The van der Waals surface area contributed by atoms with Crippen molar-refractivity contribution in [3.05, 3.63) is 58.7 Å². The Morgan fingerprint density at radius 2 is 1.89 bits per heavy atom. The van der Waals surface area contributed by atoms with E-state index in [1.807, 2.05) is 44.2 Å². The maximum absolute atomic E-state index is 10.9. The molecule has 0 radical (unpaired) electrons. The van der Waals surface area contributed by atoms with E-state index in [-0.39, 0.29) is 11.3 Å². The maximum Gasteiger partial charge on any atom is 0.168 e. The number of carbonyl (C=O) groups excluding carboxylic acids is 1. The second-order valence-corrected chi connectivity index (χ2v) is 4.48. The third-order valence-corrected chi connectivity index (χ3v) is 3.15. The van der Waals surface area contributed by atoms with Crippen LogP contribution >= 0.6 is 0 Å². The molecule has 0 aromatic heterocycles. The first-order valence-electron chi connectivity index (χ1n) is 6.08. The molecule has 1 N–H and O–H groups in total. The molecule has 0 fully saturated rings. The van der Waals surface area contributed by atoms with Gasteiger partial charge in [0.1, 0.15) is 6.61 Å². The summed E-state index contributed by atoms with van der Waals surface area (Å²) in [7, 11) is 0. The summed E-state index contributed by atoms with van der Waals surface area (Å²) in [5.74, 6) is 0.292. The Bertz CT molecular complexity index is 589. The normalized spacial score (nSPS) is 10.2. The molecule has 0 heterocycles. The summed E-state index contributed by atoms with van der Waals surface area (Å²) in [6, 6.07) is 11.3. The van der Waals surface area contributed by atoms with E-state index < -0.39 is 0 Å². The molecule has 0 aliphatic rings. The minimum atomic E-state index is -0.0889. The SMILES string of the molecule is Cc1cc(C=O)c(O)c(OCc2ccccc2)c1C. The lowest BCUT2D eigenvalue weighted by Crippen LogP contribution is -2.00. The molecule has 2 aromatic carbocycles. The quantitative estimate of drug-likeness (QED) is 0.853. The van der Waals surface area contributed by atoms with Gasteiger partial charge in [0, 0.05) is 0 Å². The summed E-state index contributed by atoms with van der Waals surface area (Å²) in [4.78, 5) is 10.9. The first-order valence-corrected chi connectivity index (χ1v) is 6.08. The van der Waals surface area contributed by atoms with Crippen LogP contribution in [0.2, 0.25) is 0 Å². The van der Waals surface area contributed by atoms with Crippen LogP contribution in [0.3, 0.4) is 0 Å². The van der Waals surface area contributed by atoms with Crippen LogP contribution in [-0.4, -0.2) is 11.4 Å². The molecule has 0 unspecified atom stereocenters. The topological polar surface area (TPSA) is 46.5 Å². The lowest BCUT2D eigenvalue weighted by Gasteiger charge is -2.14. The van der Waals surface area contributed by atoms with Gasteiger partial charge in [-0.05, 0) is 36.6 Å². The molecule has 0 amide bonds. The van der Waals surface area contributed by atoms with Crippen LogP contribution in [0.15, 0.2) is 36.4 Å². The van der Waals surface area contributed by atoms with Crippen molar-refractivity contribution >= 4 is 6.29 Å². The van der Waals surface area contributed by atoms with Crippen molar-refractivity contribution in [1.29, 1.82) is 0 Å². The van der Waals surface area contributed by atoms with Crippen LogP contribution < -0.4 is 4.74 Å². The summed E-state index contributed by atoms with van der Waals surface area (Å²) < 4.78 is 5.67. The number of phenols is 1. The van der Waals surface area contributed by atoms with Crippen molar-refractivity contribution in [2.45, 2.75) is 20.5 Å². The highest BCUT2D eigenvalue weighted by Gasteiger charge is 2.14. The van der Waals surface area contributed by atoms with E-state index in [4.69, 9.17) is 4.74 Å². The zero-order valence-electron chi connectivity index (χ0n) is 11.0. The second-order valence-electron chi connectivity index (χ2n) is 4.48. The number of carbonyl (C=O) groups is 1. The van der Waals surface area contributed by atoms with Gasteiger partial charge in [-0.3, -0.25) is 4.79 Å². The van der Waals surface area contributed by atoms with Gasteiger partial charge in [-0.2, -0.15) is 0 Å². The lowest BCUT2D eigenvalue weighted by molar-refractivity contribution is 0.112. The van der Waals surface area contributed by atoms with E-state index in [1.54, 1.807) is 6.07 Å². The van der Waals surface area contributed by atoms with Crippen molar-refractivity contribution < 1.29 is 14.6 Å². The molecule has 98 valence electrons. The highest BCUT2D eigenvalue weighted by atomic mass is 16.5. The molecule has 2 rings (SSSR count). The van der Waals surface area contributed by atoms with Crippen molar-refractivity contribution in [2.75, 3.05) is 0 Å². The number of aldehydes is 1. The van der Waals surface area contributed by atoms with Crippen LogP contribution in [0.1, 0.15) is 27.0 Å². The first-order chi connectivity index (χ1) is 9.13. The lowest BCUT2D eigenvalue weighted by atomic mass is 10.0. The summed E-state index contributed by atoms with van der Waals surface area (Å²) in [6.45, 7) is 4.11. The van der Waals surface area contributed by atoms with Crippen LogP contribution in [0, 0.1) is 13.8 Å². The summed E-state index contributed by atoms with van der Waals surface area (Å²) in [6.07, 6.45) is 0.636. The predicted octanol–water partition coefficient (Wildman–Crippen LogP) is 3.40. The molecule has 0 atom stereocenters. The average molecular weight is 256 g/mol. The van der Waals surface area contributed by atoms with E-state index in [2.05, 4.69) is 0 Å². The zero-order valence-corrected chi connectivity index (χ0v) is 11.0. The molecule has 0 saturated heterocycles. The Morgan fingerprint density at radius 1 is 1.21 bits per heavy atom. The number of hydrogen-bond acceptors (Lipinski definition) is 3. The molecule has 2 aromatic rings. The van der Waals surface area contributed by atoms with Crippen molar-refractivity contribution in [1.82, 2.24) is 0 Å². The third kappa shape index (κ3) is 2.76. The van der Waals surface area contributed by atoms with E-state index >= 15 is 0 Å². The van der Waals surface area contributed by atoms with Crippen molar-refractivity contribution in [3.63, 3.8) is 0 Å². The molecule has 3 nitrogen and oxygen atoms in total. The van der Waals surface area contributed by atoms with Gasteiger partial charge in [0.25, 0.3) is 0 Å². The smallest absolute Gasteiger partial charge is 0.168 e. The molecule has 0 spiro atoms. The maximum atomic E-state index is 10.9. The molecule has 0 aliphatic heterocycles. The van der Waals surface area contributed by atoms with Crippen LogP contribution in [0.5, 0.6) is 11.5 Å². The van der Waals surface area contributed by atoms with Crippen LogP contribution in [0.4, 0.5) is 0 Å². The van der Waals surface area contributed by atoms with Crippen molar-refractivity contribution in [2.24, 2.45) is 0 Å².